The summed E-state index contributed by atoms with van der Waals surface area (Å²) in [6.07, 6.45) is 2.51. The first-order valence-corrected chi connectivity index (χ1v) is 5.94. The molecule has 1 N–H and O–H groups in total. The quantitative estimate of drug-likeness (QED) is 0.401. The summed E-state index contributed by atoms with van der Waals surface area (Å²) in [6, 6.07) is 0. The van der Waals surface area contributed by atoms with Crippen molar-refractivity contribution in [2.45, 2.75) is 71.9 Å². The second-order valence-corrected chi connectivity index (χ2v) is 4.44. The number of carbonyl (C=O) groups is 1. The maximum absolute atomic E-state index is 10.3. The first kappa shape index (κ1) is 19.4. The molecule has 0 unspecified atom stereocenters. The Hall–Kier alpha value is 0.104. The van der Waals surface area contributed by atoms with Gasteiger partial charge in [0.05, 0.1) is 12.2 Å². The van der Waals surface area contributed by atoms with Crippen molar-refractivity contribution in [2.24, 2.45) is 0 Å². The summed E-state index contributed by atoms with van der Waals surface area (Å²) in [7, 11) is 0. The van der Waals surface area contributed by atoms with E-state index >= 15 is 0 Å². The van der Waals surface area contributed by atoms with E-state index in [9.17, 15) is 4.79 Å². The smallest absolute Gasteiger partial charge is 0.303 e. The SMILES string of the molecule is CC(C)OC(CCCCC(=O)O)OC(C)C.[Ti]. The van der Waals surface area contributed by atoms with Gasteiger partial charge in [-0.25, -0.2) is 0 Å². The molecule has 0 aromatic carbocycles. The third-order valence-electron chi connectivity index (χ3n) is 1.93. The van der Waals surface area contributed by atoms with Crippen molar-refractivity contribution in [2.75, 3.05) is 0 Å². The minimum absolute atomic E-state index is 0. The van der Waals surface area contributed by atoms with Crippen LogP contribution in [0, 0.1) is 0 Å². The normalized spacial score (nSPS) is 11.0. The van der Waals surface area contributed by atoms with Gasteiger partial charge < -0.3 is 14.6 Å². The molecule has 0 fully saturated rings. The van der Waals surface area contributed by atoms with E-state index in [1.54, 1.807) is 0 Å². The number of hydrogen-bond acceptors (Lipinski definition) is 3. The van der Waals surface area contributed by atoms with Gasteiger partial charge in [0, 0.05) is 28.1 Å². The van der Waals surface area contributed by atoms with Crippen LogP contribution < -0.4 is 0 Å². The number of ether oxygens (including phenoxy) is 2. The number of rotatable bonds is 9. The molecule has 100 valence electrons. The van der Waals surface area contributed by atoms with Gasteiger partial charge in [-0.3, -0.25) is 4.79 Å². The number of carboxylic acids is 1. The summed E-state index contributed by atoms with van der Waals surface area (Å²) >= 11 is 0. The van der Waals surface area contributed by atoms with Crippen molar-refractivity contribution in [3.8, 4) is 0 Å². The van der Waals surface area contributed by atoms with Crippen molar-refractivity contribution in [1.29, 1.82) is 0 Å². The van der Waals surface area contributed by atoms with E-state index in [1.165, 1.54) is 0 Å². The first-order chi connectivity index (χ1) is 7.41. The maximum atomic E-state index is 10.3. The first-order valence-electron chi connectivity index (χ1n) is 5.94. The Morgan fingerprint density at radius 2 is 1.53 bits per heavy atom. The van der Waals surface area contributed by atoms with Crippen LogP contribution in [0.15, 0.2) is 0 Å². The van der Waals surface area contributed by atoms with Crippen LogP contribution in [0.5, 0.6) is 0 Å². The summed E-state index contributed by atoms with van der Waals surface area (Å²) in [6.45, 7) is 7.86. The zero-order chi connectivity index (χ0) is 12.6. The minimum atomic E-state index is -0.744. The molecule has 0 aliphatic heterocycles. The van der Waals surface area contributed by atoms with Crippen molar-refractivity contribution < 1.29 is 41.1 Å². The number of aliphatic carboxylic acids is 1. The van der Waals surface area contributed by atoms with Crippen LogP contribution in [0.2, 0.25) is 0 Å². The summed E-state index contributed by atoms with van der Waals surface area (Å²) in [5, 5.41) is 8.51. The Balaban J connectivity index is 0. The molecule has 0 radical (unpaired) electrons. The predicted octanol–water partition coefficient (Wildman–Crippen LogP) is 2.81. The molecule has 0 spiro atoms. The molecular formula is C12H24O4Ti. The molecular weight excluding hydrogens is 256 g/mol. The molecule has 0 saturated heterocycles. The molecule has 0 bridgehead atoms. The standard InChI is InChI=1S/C12H24O4.Ti/c1-9(2)15-12(16-10(3)4)8-6-5-7-11(13)14;/h9-10,12H,5-8H2,1-4H3,(H,13,14);. The average molecular weight is 280 g/mol. The minimum Gasteiger partial charge on any atom is -0.481 e. The zero-order valence-corrected chi connectivity index (χ0v) is 12.8. The van der Waals surface area contributed by atoms with Crippen LogP contribution in [0.4, 0.5) is 0 Å². The molecule has 0 amide bonds. The van der Waals surface area contributed by atoms with Crippen molar-refractivity contribution in [3.63, 3.8) is 0 Å². The second-order valence-electron chi connectivity index (χ2n) is 4.44. The fraction of sp³-hybridized carbons (Fsp3) is 0.917. The van der Waals surface area contributed by atoms with Crippen LogP contribution >= 0.6 is 0 Å². The van der Waals surface area contributed by atoms with Crippen molar-refractivity contribution in [1.82, 2.24) is 0 Å². The van der Waals surface area contributed by atoms with Crippen LogP contribution in [-0.2, 0) is 36.0 Å². The number of hydrogen-bond donors (Lipinski definition) is 1. The van der Waals surface area contributed by atoms with E-state index in [-0.39, 0.29) is 46.6 Å². The van der Waals surface area contributed by atoms with Gasteiger partial charge in [0.25, 0.3) is 0 Å². The molecule has 0 rings (SSSR count). The summed E-state index contributed by atoms with van der Waals surface area (Å²) in [5.41, 5.74) is 0. The van der Waals surface area contributed by atoms with Crippen LogP contribution in [0.25, 0.3) is 0 Å². The third kappa shape index (κ3) is 14.0. The average Bonchev–Trinajstić information content (AvgIpc) is 2.09. The van der Waals surface area contributed by atoms with Crippen molar-refractivity contribution >= 4 is 5.97 Å². The Morgan fingerprint density at radius 1 is 1.06 bits per heavy atom. The number of carboxylic acid groups (broad SMARTS) is 1. The fourth-order valence-corrected chi connectivity index (χ4v) is 1.36. The summed E-state index contributed by atoms with van der Waals surface area (Å²) in [4.78, 5) is 10.3. The molecule has 0 heterocycles. The van der Waals surface area contributed by atoms with E-state index < -0.39 is 5.97 Å². The van der Waals surface area contributed by atoms with Crippen LogP contribution in [-0.4, -0.2) is 29.6 Å². The maximum Gasteiger partial charge on any atom is 0.303 e. The Bertz CT molecular complexity index is 185. The van der Waals surface area contributed by atoms with Gasteiger partial charge in [-0.05, 0) is 47.0 Å². The Labute approximate surface area is 119 Å². The van der Waals surface area contributed by atoms with Crippen LogP contribution in [0.3, 0.4) is 0 Å². The molecule has 0 aliphatic carbocycles. The topological polar surface area (TPSA) is 55.8 Å². The Morgan fingerprint density at radius 3 is 1.88 bits per heavy atom. The molecule has 0 aromatic heterocycles. The van der Waals surface area contributed by atoms with E-state index in [1.807, 2.05) is 27.7 Å². The van der Waals surface area contributed by atoms with Gasteiger partial charge in [-0.1, -0.05) is 0 Å². The van der Waals surface area contributed by atoms with Gasteiger partial charge in [0.15, 0.2) is 6.29 Å². The van der Waals surface area contributed by atoms with Gasteiger partial charge in [-0.15, -0.1) is 0 Å². The largest absolute Gasteiger partial charge is 0.481 e. The third-order valence-corrected chi connectivity index (χ3v) is 1.93. The molecule has 0 aliphatic rings. The zero-order valence-electron chi connectivity index (χ0n) is 11.2. The Kier molecular flexibility index (Phi) is 12.8. The van der Waals surface area contributed by atoms with E-state index in [2.05, 4.69) is 0 Å². The second kappa shape index (κ2) is 11.2. The van der Waals surface area contributed by atoms with Crippen LogP contribution in [0.1, 0.15) is 53.4 Å². The molecule has 0 saturated carbocycles. The summed E-state index contributed by atoms with van der Waals surface area (Å²) < 4.78 is 11.2. The molecule has 0 atom stereocenters. The summed E-state index contributed by atoms with van der Waals surface area (Å²) in [5.74, 6) is -0.744. The molecule has 5 heteroatoms. The molecule has 17 heavy (non-hydrogen) atoms. The van der Waals surface area contributed by atoms with Crippen molar-refractivity contribution in [3.05, 3.63) is 0 Å². The van der Waals surface area contributed by atoms with E-state index in [4.69, 9.17) is 14.6 Å². The monoisotopic (exact) mass is 280 g/mol. The van der Waals surface area contributed by atoms with Gasteiger partial charge in [-0.2, -0.15) is 0 Å². The number of unbranched alkanes of at least 4 members (excludes halogenated alkanes) is 1. The van der Waals surface area contributed by atoms with Gasteiger partial charge in [0.1, 0.15) is 0 Å². The van der Waals surface area contributed by atoms with Gasteiger partial charge in [0.2, 0.25) is 0 Å². The van der Waals surface area contributed by atoms with E-state index in [0.29, 0.717) is 6.42 Å². The molecule has 0 aromatic rings. The fourth-order valence-electron chi connectivity index (χ4n) is 1.36. The van der Waals surface area contributed by atoms with Gasteiger partial charge >= 0.3 is 5.97 Å². The molecule has 4 nitrogen and oxygen atoms in total. The van der Waals surface area contributed by atoms with E-state index in [0.717, 1.165) is 12.8 Å². The predicted molar refractivity (Wildman–Crippen MR) is 62.3 cm³/mol.